The number of carbonyl (C=O) groups is 1. The molecule has 0 fully saturated rings. The third kappa shape index (κ3) is 7.73. The largest absolute Gasteiger partial charge is 0.384 e. The molecule has 2 heteroatoms. The van der Waals surface area contributed by atoms with E-state index in [1.165, 1.54) is 19.3 Å². The number of carbonyl (C=O) groups excluding carboxylic acids is 1. The molecule has 0 aliphatic carbocycles. The van der Waals surface area contributed by atoms with Gasteiger partial charge in [0.05, 0.1) is 6.61 Å². The summed E-state index contributed by atoms with van der Waals surface area (Å²) in [6.07, 6.45) is 6.04. The standard InChI is InChI=1S/C10H20O2/c1-3-4-5-6-7-10(11)8-9-12-2/h3-9H2,1-2H3. The summed E-state index contributed by atoms with van der Waals surface area (Å²) in [5.41, 5.74) is 0. The van der Waals surface area contributed by atoms with Crippen LogP contribution in [0.25, 0.3) is 0 Å². The molecule has 0 bridgehead atoms. The second-order valence-electron chi connectivity index (χ2n) is 3.09. The third-order valence-corrected chi connectivity index (χ3v) is 1.89. The zero-order valence-electron chi connectivity index (χ0n) is 8.27. The predicted molar refractivity (Wildman–Crippen MR) is 50.3 cm³/mol. The Morgan fingerprint density at radius 1 is 1.17 bits per heavy atom. The molecule has 0 aromatic heterocycles. The van der Waals surface area contributed by atoms with E-state index in [9.17, 15) is 4.79 Å². The number of methoxy groups -OCH3 is 1. The summed E-state index contributed by atoms with van der Waals surface area (Å²) < 4.78 is 4.82. The van der Waals surface area contributed by atoms with Crippen molar-refractivity contribution >= 4 is 5.78 Å². The Morgan fingerprint density at radius 2 is 1.92 bits per heavy atom. The summed E-state index contributed by atoms with van der Waals surface area (Å²) in [5.74, 6) is 0.341. The van der Waals surface area contributed by atoms with Gasteiger partial charge in [-0.25, -0.2) is 0 Å². The summed E-state index contributed by atoms with van der Waals surface area (Å²) in [6, 6.07) is 0. The van der Waals surface area contributed by atoms with Crippen molar-refractivity contribution in [2.75, 3.05) is 13.7 Å². The fourth-order valence-corrected chi connectivity index (χ4v) is 1.09. The predicted octanol–water partition coefficient (Wildman–Crippen LogP) is 2.56. The molecule has 0 heterocycles. The van der Waals surface area contributed by atoms with E-state index in [4.69, 9.17) is 4.74 Å². The number of unbranched alkanes of at least 4 members (excludes halogenated alkanes) is 3. The molecule has 0 spiro atoms. The van der Waals surface area contributed by atoms with Crippen molar-refractivity contribution in [3.05, 3.63) is 0 Å². The molecule has 0 aliphatic heterocycles. The molecule has 0 amide bonds. The van der Waals surface area contributed by atoms with Crippen molar-refractivity contribution < 1.29 is 9.53 Å². The third-order valence-electron chi connectivity index (χ3n) is 1.89. The molecule has 0 atom stereocenters. The number of hydrogen-bond donors (Lipinski definition) is 0. The second kappa shape index (κ2) is 8.72. The molecule has 0 saturated carbocycles. The Bertz CT molecular complexity index is 110. The smallest absolute Gasteiger partial charge is 0.135 e. The van der Waals surface area contributed by atoms with Crippen LogP contribution in [0.5, 0.6) is 0 Å². The van der Waals surface area contributed by atoms with Gasteiger partial charge in [-0.05, 0) is 6.42 Å². The van der Waals surface area contributed by atoms with E-state index in [1.54, 1.807) is 7.11 Å². The summed E-state index contributed by atoms with van der Waals surface area (Å²) in [5, 5.41) is 0. The van der Waals surface area contributed by atoms with Crippen LogP contribution in [0.1, 0.15) is 45.4 Å². The minimum absolute atomic E-state index is 0.341. The molecule has 2 nitrogen and oxygen atoms in total. The van der Waals surface area contributed by atoms with Crippen LogP contribution in [0, 0.1) is 0 Å². The maximum absolute atomic E-state index is 11.1. The van der Waals surface area contributed by atoms with Crippen LogP contribution in [0.2, 0.25) is 0 Å². The fourth-order valence-electron chi connectivity index (χ4n) is 1.09. The lowest BCUT2D eigenvalue weighted by molar-refractivity contribution is -0.120. The number of Topliss-reactive ketones (excluding diaryl/α,β-unsaturated/α-hetero) is 1. The molecule has 0 aliphatic rings. The van der Waals surface area contributed by atoms with E-state index < -0.39 is 0 Å². The number of ketones is 1. The molecule has 0 rings (SSSR count). The van der Waals surface area contributed by atoms with E-state index in [0.717, 1.165) is 12.8 Å². The number of rotatable bonds is 8. The van der Waals surface area contributed by atoms with Gasteiger partial charge >= 0.3 is 0 Å². The van der Waals surface area contributed by atoms with Gasteiger partial charge in [-0.1, -0.05) is 26.2 Å². The molecule has 0 unspecified atom stereocenters. The van der Waals surface area contributed by atoms with Crippen LogP contribution in [-0.4, -0.2) is 19.5 Å². The van der Waals surface area contributed by atoms with E-state index in [0.29, 0.717) is 18.8 Å². The second-order valence-corrected chi connectivity index (χ2v) is 3.09. The van der Waals surface area contributed by atoms with Gasteiger partial charge in [0, 0.05) is 20.0 Å². The van der Waals surface area contributed by atoms with Gasteiger partial charge < -0.3 is 4.74 Å². The highest BCUT2D eigenvalue weighted by atomic mass is 16.5. The first kappa shape index (κ1) is 11.6. The molecular formula is C10H20O2. The average Bonchev–Trinajstić information content (AvgIpc) is 2.09. The maximum atomic E-state index is 11.1. The fraction of sp³-hybridized carbons (Fsp3) is 0.900. The SMILES string of the molecule is CCCCCCC(=O)CCOC. The molecule has 0 saturated heterocycles. The summed E-state index contributed by atoms with van der Waals surface area (Å²) in [4.78, 5) is 11.1. The van der Waals surface area contributed by atoms with Gasteiger partial charge in [-0.15, -0.1) is 0 Å². The van der Waals surface area contributed by atoms with Gasteiger partial charge in [0.25, 0.3) is 0 Å². The minimum atomic E-state index is 0.341. The zero-order chi connectivity index (χ0) is 9.23. The summed E-state index contributed by atoms with van der Waals surface area (Å²) >= 11 is 0. The van der Waals surface area contributed by atoms with Crippen LogP contribution >= 0.6 is 0 Å². The molecule has 0 aromatic rings. The lowest BCUT2D eigenvalue weighted by atomic mass is 10.1. The van der Waals surface area contributed by atoms with E-state index in [-0.39, 0.29) is 0 Å². The minimum Gasteiger partial charge on any atom is -0.384 e. The van der Waals surface area contributed by atoms with Gasteiger partial charge in [-0.3, -0.25) is 4.79 Å². The Morgan fingerprint density at radius 3 is 2.50 bits per heavy atom. The van der Waals surface area contributed by atoms with Gasteiger partial charge in [0.2, 0.25) is 0 Å². The van der Waals surface area contributed by atoms with Crippen LogP contribution in [0.3, 0.4) is 0 Å². The van der Waals surface area contributed by atoms with Gasteiger partial charge in [-0.2, -0.15) is 0 Å². The van der Waals surface area contributed by atoms with Crippen molar-refractivity contribution in [1.82, 2.24) is 0 Å². The number of hydrogen-bond acceptors (Lipinski definition) is 2. The van der Waals surface area contributed by atoms with E-state index >= 15 is 0 Å². The molecule has 12 heavy (non-hydrogen) atoms. The Labute approximate surface area is 75.3 Å². The van der Waals surface area contributed by atoms with Crippen molar-refractivity contribution in [2.24, 2.45) is 0 Å². The first-order valence-corrected chi connectivity index (χ1v) is 4.82. The lowest BCUT2D eigenvalue weighted by Gasteiger charge is -1.99. The van der Waals surface area contributed by atoms with Crippen molar-refractivity contribution in [3.8, 4) is 0 Å². The highest BCUT2D eigenvalue weighted by Gasteiger charge is 1.99. The zero-order valence-corrected chi connectivity index (χ0v) is 8.27. The van der Waals surface area contributed by atoms with Crippen molar-refractivity contribution in [3.63, 3.8) is 0 Å². The van der Waals surface area contributed by atoms with Gasteiger partial charge in [0.15, 0.2) is 0 Å². The first-order valence-electron chi connectivity index (χ1n) is 4.82. The normalized spacial score (nSPS) is 10.2. The molecule has 0 radical (unpaired) electrons. The maximum Gasteiger partial charge on any atom is 0.135 e. The van der Waals surface area contributed by atoms with Crippen molar-refractivity contribution in [1.29, 1.82) is 0 Å². The monoisotopic (exact) mass is 172 g/mol. The highest BCUT2D eigenvalue weighted by Crippen LogP contribution is 2.04. The van der Waals surface area contributed by atoms with Crippen LogP contribution in [0.15, 0.2) is 0 Å². The van der Waals surface area contributed by atoms with Crippen LogP contribution in [-0.2, 0) is 9.53 Å². The summed E-state index contributed by atoms with van der Waals surface area (Å²) in [6.45, 7) is 2.75. The Kier molecular flexibility index (Phi) is 8.46. The Balaban J connectivity index is 3.08. The van der Waals surface area contributed by atoms with Crippen LogP contribution in [0.4, 0.5) is 0 Å². The highest BCUT2D eigenvalue weighted by molar-refractivity contribution is 5.78. The van der Waals surface area contributed by atoms with E-state index in [1.807, 2.05) is 0 Å². The van der Waals surface area contributed by atoms with Gasteiger partial charge in [0.1, 0.15) is 5.78 Å². The van der Waals surface area contributed by atoms with Crippen LogP contribution < -0.4 is 0 Å². The lowest BCUT2D eigenvalue weighted by Crippen LogP contribution is -2.02. The molecule has 0 N–H and O–H groups in total. The Hall–Kier alpha value is -0.370. The average molecular weight is 172 g/mol. The topological polar surface area (TPSA) is 26.3 Å². The number of ether oxygens (including phenoxy) is 1. The summed E-state index contributed by atoms with van der Waals surface area (Å²) in [7, 11) is 1.63. The van der Waals surface area contributed by atoms with Crippen molar-refractivity contribution in [2.45, 2.75) is 45.4 Å². The first-order chi connectivity index (χ1) is 5.81. The van der Waals surface area contributed by atoms with E-state index in [2.05, 4.69) is 6.92 Å². The molecule has 72 valence electrons. The molecular weight excluding hydrogens is 152 g/mol. The quantitative estimate of drug-likeness (QED) is 0.526. The molecule has 0 aromatic carbocycles.